The zero-order chi connectivity index (χ0) is 44.4. The Labute approximate surface area is 374 Å². The molecule has 3 unspecified atom stereocenters. The quantitative estimate of drug-likeness (QED) is 0.0345. The molecule has 6 heteroatoms. The van der Waals surface area contributed by atoms with Crippen LogP contribution in [-0.2, 0) is 28.6 Å². The lowest BCUT2D eigenvalue weighted by atomic mass is 9.87. The summed E-state index contributed by atoms with van der Waals surface area (Å²) in [4.78, 5) is 39.7. The number of ether oxygens (including phenoxy) is 3. The van der Waals surface area contributed by atoms with Gasteiger partial charge < -0.3 is 14.2 Å². The van der Waals surface area contributed by atoms with E-state index in [0.29, 0.717) is 6.42 Å². The summed E-state index contributed by atoms with van der Waals surface area (Å²) in [6.45, 7) is 14.9. The highest BCUT2D eigenvalue weighted by atomic mass is 16.6. The van der Waals surface area contributed by atoms with Crippen molar-refractivity contribution in [3.8, 4) is 0 Å². The van der Waals surface area contributed by atoms with Crippen LogP contribution >= 0.6 is 0 Å². The van der Waals surface area contributed by atoms with Crippen LogP contribution in [0.2, 0.25) is 0 Å². The molecular formula is C54H104O6. The lowest BCUT2D eigenvalue weighted by Gasteiger charge is -2.32. The molecular weight excluding hydrogens is 745 g/mol. The summed E-state index contributed by atoms with van der Waals surface area (Å²) in [5.74, 6) is -1.23. The van der Waals surface area contributed by atoms with E-state index in [1.165, 1.54) is 173 Å². The Hall–Kier alpha value is -1.59. The normalized spacial score (nSPS) is 14.1. The monoisotopic (exact) mass is 849 g/mol. The van der Waals surface area contributed by atoms with Crippen LogP contribution in [0.1, 0.15) is 286 Å². The maximum absolute atomic E-state index is 13.2. The van der Waals surface area contributed by atoms with Gasteiger partial charge in [-0.2, -0.15) is 0 Å². The molecule has 0 bridgehead atoms. The van der Waals surface area contributed by atoms with Crippen molar-refractivity contribution in [1.29, 1.82) is 0 Å². The van der Waals surface area contributed by atoms with Crippen LogP contribution in [-0.4, -0.2) is 37.7 Å². The second-order valence-corrected chi connectivity index (χ2v) is 19.4. The Morgan fingerprint density at radius 3 is 0.683 bits per heavy atom. The molecule has 0 aromatic carbocycles. The molecule has 0 aromatic rings. The maximum atomic E-state index is 13.2. The van der Waals surface area contributed by atoms with E-state index in [9.17, 15) is 14.4 Å². The first-order valence-electron chi connectivity index (χ1n) is 26.7. The second kappa shape index (κ2) is 42.7. The molecule has 0 fully saturated rings. The number of carbonyl (C=O) groups excluding carboxylic acids is 3. The third kappa shape index (κ3) is 34.9. The lowest BCUT2D eigenvalue weighted by molar-refractivity contribution is -0.167. The summed E-state index contributed by atoms with van der Waals surface area (Å²) >= 11 is 0. The topological polar surface area (TPSA) is 78.9 Å². The van der Waals surface area contributed by atoms with Crippen molar-refractivity contribution in [1.82, 2.24) is 0 Å². The molecule has 356 valence electrons. The Morgan fingerprint density at radius 2 is 0.500 bits per heavy atom. The summed E-state index contributed by atoms with van der Waals surface area (Å²) in [5, 5.41) is 0. The first kappa shape index (κ1) is 58.4. The molecule has 0 spiro atoms. The Morgan fingerprint density at radius 1 is 0.317 bits per heavy atom. The van der Waals surface area contributed by atoms with E-state index < -0.39 is 5.41 Å². The maximum Gasteiger partial charge on any atom is 0.308 e. The van der Waals surface area contributed by atoms with Crippen molar-refractivity contribution < 1.29 is 28.6 Å². The number of hydrogen-bond acceptors (Lipinski definition) is 6. The Bertz CT molecular complexity index is 847. The highest BCUT2D eigenvalue weighted by Crippen LogP contribution is 2.28. The Kier molecular flexibility index (Phi) is 41.6. The molecule has 0 aliphatic heterocycles. The fraction of sp³-hybridized carbons (Fsp3) is 0.944. The molecule has 0 amide bonds. The number of unbranched alkanes of at least 4 members (excludes halogenated alkanes) is 30. The molecule has 0 saturated carbocycles. The van der Waals surface area contributed by atoms with Gasteiger partial charge in [0.1, 0.15) is 19.8 Å². The number of hydrogen-bond donors (Lipinski definition) is 0. The van der Waals surface area contributed by atoms with Gasteiger partial charge in [0, 0.05) is 0 Å². The molecule has 0 heterocycles. The fourth-order valence-electron chi connectivity index (χ4n) is 8.23. The predicted octanol–water partition coefficient (Wildman–Crippen LogP) is 17.0. The SMILES string of the molecule is CCCCCCCCCCCCCC(C)C(=O)OCC(CC)(COC(=O)C(C)CCCCCCCCCCCCC)COC(=O)C(C)CCCCCCCCCCCCC. The van der Waals surface area contributed by atoms with Gasteiger partial charge in [-0.3, -0.25) is 14.4 Å². The molecule has 0 rings (SSSR count). The molecule has 0 aliphatic rings. The number of rotatable bonds is 46. The van der Waals surface area contributed by atoms with Gasteiger partial charge in [-0.05, 0) is 25.7 Å². The zero-order valence-electron chi connectivity index (χ0n) is 41.5. The smallest absolute Gasteiger partial charge is 0.308 e. The molecule has 6 nitrogen and oxygen atoms in total. The fourth-order valence-corrected chi connectivity index (χ4v) is 8.23. The van der Waals surface area contributed by atoms with E-state index >= 15 is 0 Å². The zero-order valence-corrected chi connectivity index (χ0v) is 41.5. The van der Waals surface area contributed by atoms with E-state index in [1.54, 1.807) is 0 Å². The minimum Gasteiger partial charge on any atom is -0.465 e. The summed E-state index contributed by atoms with van der Waals surface area (Å²) in [6.07, 6.45) is 45.2. The van der Waals surface area contributed by atoms with E-state index in [1.807, 2.05) is 27.7 Å². The van der Waals surface area contributed by atoms with Gasteiger partial charge in [0.15, 0.2) is 0 Å². The number of carbonyl (C=O) groups is 3. The van der Waals surface area contributed by atoms with Gasteiger partial charge in [0.25, 0.3) is 0 Å². The summed E-state index contributed by atoms with van der Waals surface area (Å²) in [5.41, 5.74) is -0.774. The first-order chi connectivity index (χ1) is 29.2. The van der Waals surface area contributed by atoms with Crippen LogP contribution in [0.5, 0.6) is 0 Å². The van der Waals surface area contributed by atoms with Gasteiger partial charge in [-0.25, -0.2) is 0 Å². The van der Waals surface area contributed by atoms with E-state index in [4.69, 9.17) is 14.2 Å². The third-order valence-electron chi connectivity index (χ3n) is 13.2. The molecule has 0 aliphatic carbocycles. The molecule has 0 aromatic heterocycles. The van der Waals surface area contributed by atoms with Crippen LogP contribution in [0.25, 0.3) is 0 Å². The van der Waals surface area contributed by atoms with Crippen LogP contribution in [0.4, 0.5) is 0 Å². The van der Waals surface area contributed by atoms with Crippen molar-refractivity contribution >= 4 is 17.9 Å². The van der Waals surface area contributed by atoms with Gasteiger partial charge in [0.05, 0.1) is 23.2 Å². The van der Waals surface area contributed by atoms with Crippen molar-refractivity contribution in [2.75, 3.05) is 19.8 Å². The lowest BCUT2D eigenvalue weighted by Crippen LogP contribution is -2.40. The average molecular weight is 849 g/mol. The van der Waals surface area contributed by atoms with E-state index in [2.05, 4.69) is 20.8 Å². The minimum atomic E-state index is -0.774. The van der Waals surface area contributed by atoms with E-state index in [0.717, 1.165) is 57.8 Å². The van der Waals surface area contributed by atoms with Gasteiger partial charge in [0.2, 0.25) is 0 Å². The molecule has 0 radical (unpaired) electrons. The van der Waals surface area contributed by atoms with Crippen molar-refractivity contribution in [2.45, 2.75) is 286 Å². The highest BCUT2D eigenvalue weighted by Gasteiger charge is 2.36. The third-order valence-corrected chi connectivity index (χ3v) is 13.2. The van der Waals surface area contributed by atoms with Crippen LogP contribution < -0.4 is 0 Å². The summed E-state index contributed by atoms with van der Waals surface area (Å²) < 4.78 is 17.9. The molecule has 60 heavy (non-hydrogen) atoms. The van der Waals surface area contributed by atoms with Gasteiger partial charge >= 0.3 is 17.9 Å². The first-order valence-corrected chi connectivity index (χ1v) is 26.7. The highest BCUT2D eigenvalue weighted by molar-refractivity contribution is 5.73. The standard InChI is InChI=1S/C54H104O6/c1-8-12-15-18-21-24-27-30-33-36-39-42-48(5)51(55)58-45-54(11-4,46-59-52(56)49(6)43-40-37-34-31-28-25-22-19-16-13-9-2)47-60-53(57)50(7)44-41-38-35-32-29-26-23-20-17-14-10-3/h48-50H,8-47H2,1-7H3. The number of esters is 3. The minimum absolute atomic E-state index is 0.0749. The largest absolute Gasteiger partial charge is 0.465 e. The van der Waals surface area contributed by atoms with Gasteiger partial charge in [-0.15, -0.1) is 0 Å². The van der Waals surface area contributed by atoms with Crippen molar-refractivity contribution in [2.24, 2.45) is 23.2 Å². The molecule has 3 atom stereocenters. The summed E-state index contributed by atoms with van der Waals surface area (Å²) in [6, 6.07) is 0. The van der Waals surface area contributed by atoms with Crippen molar-refractivity contribution in [3.63, 3.8) is 0 Å². The summed E-state index contributed by atoms with van der Waals surface area (Å²) in [7, 11) is 0. The van der Waals surface area contributed by atoms with E-state index in [-0.39, 0.29) is 55.5 Å². The molecule has 0 saturated heterocycles. The van der Waals surface area contributed by atoms with Crippen molar-refractivity contribution in [3.05, 3.63) is 0 Å². The van der Waals surface area contributed by atoms with Crippen LogP contribution in [0, 0.1) is 23.2 Å². The Balaban J connectivity index is 4.93. The van der Waals surface area contributed by atoms with Gasteiger partial charge in [-0.1, -0.05) is 260 Å². The molecule has 0 N–H and O–H groups in total. The predicted molar refractivity (Wildman–Crippen MR) is 256 cm³/mol. The van der Waals surface area contributed by atoms with Crippen LogP contribution in [0.15, 0.2) is 0 Å². The average Bonchev–Trinajstić information content (AvgIpc) is 3.25. The van der Waals surface area contributed by atoms with Crippen LogP contribution in [0.3, 0.4) is 0 Å². The second-order valence-electron chi connectivity index (χ2n) is 19.4.